The Morgan fingerprint density at radius 2 is 1.90 bits per heavy atom. The molecule has 0 aliphatic rings. The number of ether oxygens (including phenoxy) is 1. The number of hydrogen-bond acceptors (Lipinski definition) is 2. The fourth-order valence-corrected chi connectivity index (χ4v) is 2.01. The van der Waals surface area contributed by atoms with Crippen LogP contribution in [0.15, 0.2) is 30.3 Å². The molecule has 0 amide bonds. The summed E-state index contributed by atoms with van der Waals surface area (Å²) < 4.78 is 45.7. The molecular weight excluding hydrogens is 305 g/mol. The van der Waals surface area contributed by atoms with Gasteiger partial charge in [0.05, 0.1) is 17.7 Å². The van der Waals surface area contributed by atoms with Gasteiger partial charge >= 0.3 is 0 Å². The van der Waals surface area contributed by atoms with Gasteiger partial charge < -0.3 is 4.74 Å². The lowest BCUT2D eigenvalue weighted by atomic mass is 10.0. The van der Waals surface area contributed by atoms with Gasteiger partial charge in [0.25, 0.3) is 0 Å². The first-order valence-electron chi connectivity index (χ1n) is 5.93. The Morgan fingerprint density at radius 1 is 1.19 bits per heavy atom. The SMILES string of the molecule is COc1cccc(CC(=O)c2cc(F)c(Cl)cc2F)c1F. The maximum atomic E-state index is 13.9. The van der Waals surface area contributed by atoms with E-state index in [4.69, 9.17) is 16.3 Å². The fraction of sp³-hybridized carbons (Fsp3) is 0.133. The number of hydrogen-bond donors (Lipinski definition) is 0. The Bertz CT molecular complexity index is 702. The number of methoxy groups -OCH3 is 1. The van der Waals surface area contributed by atoms with Crippen molar-refractivity contribution in [3.05, 3.63) is 63.9 Å². The number of ketones is 1. The normalized spacial score (nSPS) is 10.5. The molecule has 0 atom stereocenters. The zero-order valence-electron chi connectivity index (χ0n) is 10.9. The molecule has 2 nitrogen and oxygen atoms in total. The summed E-state index contributed by atoms with van der Waals surface area (Å²) in [5.74, 6) is -3.34. The largest absolute Gasteiger partial charge is 0.494 e. The van der Waals surface area contributed by atoms with Crippen LogP contribution in [-0.4, -0.2) is 12.9 Å². The van der Waals surface area contributed by atoms with E-state index in [-0.39, 0.29) is 11.3 Å². The molecule has 0 aliphatic heterocycles. The summed E-state index contributed by atoms with van der Waals surface area (Å²) in [6.45, 7) is 0. The molecule has 0 N–H and O–H groups in total. The zero-order chi connectivity index (χ0) is 15.6. The first-order valence-corrected chi connectivity index (χ1v) is 6.31. The molecule has 0 radical (unpaired) electrons. The predicted octanol–water partition coefficient (Wildman–Crippen LogP) is 4.19. The maximum absolute atomic E-state index is 13.9. The van der Waals surface area contributed by atoms with E-state index in [1.54, 1.807) is 0 Å². The number of Topliss-reactive ketones (excluding diaryl/α,β-unsaturated/α-hetero) is 1. The number of carbonyl (C=O) groups is 1. The number of halogens is 4. The first kappa shape index (κ1) is 15.4. The Kier molecular flexibility index (Phi) is 4.53. The minimum atomic E-state index is -0.949. The van der Waals surface area contributed by atoms with E-state index >= 15 is 0 Å². The van der Waals surface area contributed by atoms with Crippen LogP contribution in [0, 0.1) is 17.5 Å². The summed E-state index contributed by atoms with van der Waals surface area (Å²) in [6.07, 6.45) is -0.416. The van der Waals surface area contributed by atoms with Crippen LogP contribution < -0.4 is 4.74 Å². The molecule has 2 rings (SSSR count). The Labute approximate surface area is 124 Å². The summed E-state index contributed by atoms with van der Waals surface area (Å²) >= 11 is 5.41. The van der Waals surface area contributed by atoms with Crippen LogP contribution in [0.25, 0.3) is 0 Å². The van der Waals surface area contributed by atoms with E-state index in [1.807, 2.05) is 0 Å². The highest BCUT2D eigenvalue weighted by atomic mass is 35.5. The lowest BCUT2D eigenvalue weighted by molar-refractivity contribution is 0.0987. The highest BCUT2D eigenvalue weighted by Crippen LogP contribution is 2.24. The second-order valence-electron chi connectivity index (χ2n) is 4.28. The fourth-order valence-electron chi connectivity index (χ4n) is 1.85. The van der Waals surface area contributed by atoms with E-state index in [0.29, 0.717) is 12.1 Å². The van der Waals surface area contributed by atoms with Crippen LogP contribution in [0.5, 0.6) is 5.75 Å². The monoisotopic (exact) mass is 314 g/mol. The topological polar surface area (TPSA) is 26.3 Å². The van der Waals surface area contributed by atoms with Gasteiger partial charge in [0.1, 0.15) is 11.6 Å². The number of rotatable bonds is 4. The lowest BCUT2D eigenvalue weighted by Crippen LogP contribution is -2.09. The van der Waals surface area contributed by atoms with Crippen LogP contribution in [0.1, 0.15) is 15.9 Å². The van der Waals surface area contributed by atoms with Crippen LogP contribution in [0.4, 0.5) is 13.2 Å². The lowest BCUT2D eigenvalue weighted by Gasteiger charge is -2.08. The molecule has 2 aromatic carbocycles. The molecule has 0 aromatic heterocycles. The smallest absolute Gasteiger partial charge is 0.170 e. The van der Waals surface area contributed by atoms with Gasteiger partial charge in [0.2, 0.25) is 0 Å². The third-order valence-electron chi connectivity index (χ3n) is 2.92. The summed E-state index contributed by atoms with van der Waals surface area (Å²) in [6, 6.07) is 5.69. The van der Waals surface area contributed by atoms with Crippen LogP contribution >= 0.6 is 11.6 Å². The quantitative estimate of drug-likeness (QED) is 0.625. The van der Waals surface area contributed by atoms with Gasteiger partial charge in [-0.25, -0.2) is 13.2 Å². The second-order valence-corrected chi connectivity index (χ2v) is 4.69. The summed E-state index contributed by atoms with van der Waals surface area (Å²) in [5, 5.41) is -0.420. The van der Waals surface area contributed by atoms with Crippen molar-refractivity contribution in [2.24, 2.45) is 0 Å². The zero-order valence-corrected chi connectivity index (χ0v) is 11.7. The molecule has 2 aromatic rings. The molecule has 0 heterocycles. The van der Waals surface area contributed by atoms with E-state index in [9.17, 15) is 18.0 Å². The van der Waals surface area contributed by atoms with Crippen molar-refractivity contribution in [2.75, 3.05) is 7.11 Å². The van der Waals surface area contributed by atoms with Crippen LogP contribution in [0.2, 0.25) is 5.02 Å². The molecule has 0 saturated heterocycles. The summed E-state index contributed by atoms with van der Waals surface area (Å²) in [7, 11) is 1.29. The average molecular weight is 315 g/mol. The molecule has 6 heteroatoms. The van der Waals surface area contributed by atoms with Crippen molar-refractivity contribution >= 4 is 17.4 Å². The molecular formula is C15H10ClF3O2. The molecule has 110 valence electrons. The predicted molar refractivity (Wildman–Crippen MR) is 72.4 cm³/mol. The maximum Gasteiger partial charge on any atom is 0.170 e. The van der Waals surface area contributed by atoms with Crippen molar-refractivity contribution in [1.82, 2.24) is 0 Å². The third kappa shape index (κ3) is 3.19. The van der Waals surface area contributed by atoms with Gasteiger partial charge in [-0.3, -0.25) is 4.79 Å². The molecule has 0 aliphatic carbocycles. The molecule has 0 bridgehead atoms. The molecule has 0 fully saturated rings. The van der Waals surface area contributed by atoms with Crippen LogP contribution in [0.3, 0.4) is 0 Å². The van der Waals surface area contributed by atoms with E-state index in [0.717, 1.165) is 0 Å². The minimum absolute atomic E-state index is 0.0249. The van der Waals surface area contributed by atoms with E-state index < -0.39 is 40.2 Å². The van der Waals surface area contributed by atoms with Crippen LogP contribution in [-0.2, 0) is 6.42 Å². The van der Waals surface area contributed by atoms with Crippen molar-refractivity contribution < 1.29 is 22.7 Å². The average Bonchev–Trinajstić information content (AvgIpc) is 2.45. The van der Waals surface area contributed by atoms with Gasteiger partial charge in [-0.05, 0) is 23.8 Å². The molecule has 21 heavy (non-hydrogen) atoms. The summed E-state index contributed by atoms with van der Waals surface area (Å²) in [5.41, 5.74) is -0.437. The Balaban J connectivity index is 2.33. The van der Waals surface area contributed by atoms with Gasteiger partial charge in [-0.2, -0.15) is 0 Å². The van der Waals surface area contributed by atoms with Gasteiger partial charge in [0.15, 0.2) is 17.3 Å². The third-order valence-corrected chi connectivity index (χ3v) is 3.21. The minimum Gasteiger partial charge on any atom is -0.494 e. The van der Waals surface area contributed by atoms with E-state index in [2.05, 4.69) is 0 Å². The molecule has 0 spiro atoms. The van der Waals surface area contributed by atoms with Gasteiger partial charge in [-0.15, -0.1) is 0 Å². The highest BCUT2D eigenvalue weighted by molar-refractivity contribution is 6.30. The number of benzene rings is 2. The Morgan fingerprint density at radius 3 is 2.57 bits per heavy atom. The summed E-state index contributed by atoms with van der Waals surface area (Å²) in [4.78, 5) is 12.0. The van der Waals surface area contributed by atoms with Gasteiger partial charge in [-0.1, -0.05) is 23.7 Å². The van der Waals surface area contributed by atoms with Crippen molar-refractivity contribution in [3.63, 3.8) is 0 Å². The van der Waals surface area contributed by atoms with E-state index in [1.165, 1.54) is 25.3 Å². The second kappa shape index (κ2) is 6.18. The standard InChI is InChI=1S/C15H10ClF3O2/c1-21-14-4-2-3-8(15(14)19)5-13(20)9-6-12(18)10(16)7-11(9)17/h2-4,6-7H,5H2,1H3. The highest BCUT2D eigenvalue weighted by Gasteiger charge is 2.18. The van der Waals surface area contributed by atoms with Gasteiger partial charge in [0, 0.05) is 6.42 Å². The van der Waals surface area contributed by atoms with Crippen molar-refractivity contribution in [1.29, 1.82) is 0 Å². The molecule has 0 saturated carbocycles. The van der Waals surface area contributed by atoms with Crippen molar-refractivity contribution in [2.45, 2.75) is 6.42 Å². The first-order chi connectivity index (χ1) is 9.93. The number of carbonyl (C=O) groups excluding carboxylic acids is 1. The molecule has 0 unspecified atom stereocenters. The van der Waals surface area contributed by atoms with Crippen molar-refractivity contribution in [3.8, 4) is 5.75 Å². The Hall–Kier alpha value is -2.01.